The van der Waals surface area contributed by atoms with Crippen LogP contribution in [0.4, 0.5) is 5.69 Å². The molecule has 0 saturated carbocycles. The molecule has 20 heavy (non-hydrogen) atoms. The maximum atomic E-state index is 9.45. The average molecular weight is 285 g/mol. The Morgan fingerprint density at radius 2 is 1.90 bits per heavy atom. The van der Waals surface area contributed by atoms with Crippen molar-refractivity contribution in [2.24, 2.45) is 0 Å². The third kappa shape index (κ3) is 1.99. The van der Waals surface area contributed by atoms with Crippen LogP contribution in [-0.4, -0.2) is 6.04 Å². The quantitative estimate of drug-likeness (QED) is 0.862. The van der Waals surface area contributed by atoms with Crippen molar-refractivity contribution in [1.82, 2.24) is 0 Å². The molecule has 1 aliphatic heterocycles. The molecule has 3 rings (SSSR count). The third-order valence-electron chi connectivity index (χ3n) is 3.61. The van der Waals surface area contributed by atoms with Crippen LogP contribution in [0, 0.1) is 11.3 Å². The second-order valence-electron chi connectivity index (χ2n) is 4.92. The molecule has 2 atom stereocenters. The molecule has 3 nitrogen and oxygen atoms in total. The highest BCUT2D eigenvalue weighted by molar-refractivity contribution is 6.30. The molecule has 100 valence electrons. The van der Waals surface area contributed by atoms with Gasteiger partial charge in [0.1, 0.15) is 5.75 Å². The van der Waals surface area contributed by atoms with Crippen LogP contribution in [0.5, 0.6) is 5.75 Å². The maximum Gasteiger partial charge on any atom is 0.165 e. The monoisotopic (exact) mass is 284 g/mol. The summed E-state index contributed by atoms with van der Waals surface area (Å²) in [5.41, 5.74) is 0.995. The molecule has 0 saturated heterocycles. The molecular weight excluding hydrogens is 272 g/mol. The number of halogens is 1. The average Bonchev–Trinajstić information content (AvgIpc) is 2.47. The van der Waals surface area contributed by atoms with E-state index in [2.05, 4.69) is 11.4 Å². The van der Waals surface area contributed by atoms with Gasteiger partial charge in [0.15, 0.2) is 11.6 Å². The van der Waals surface area contributed by atoms with E-state index in [1.807, 2.05) is 43.3 Å². The van der Waals surface area contributed by atoms with Crippen molar-refractivity contribution in [3.05, 3.63) is 59.1 Å². The Morgan fingerprint density at radius 1 is 1.20 bits per heavy atom. The molecule has 0 spiro atoms. The van der Waals surface area contributed by atoms with Gasteiger partial charge in [-0.05, 0) is 36.8 Å². The van der Waals surface area contributed by atoms with E-state index in [1.54, 1.807) is 12.1 Å². The van der Waals surface area contributed by atoms with E-state index < -0.39 is 11.6 Å². The molecule has 0 radical (unpaired) electrons. The Labute approximate surface area is 122 Å². The Balaban J connectivity index is 2.08. The molecule has 0 amide bonds. The minimum atomic E-state index is -0.756. The highest BCUT2D eigenvalue weighted by atomic mass is 35.5. The van der Waals surface area contributed by atoms with Gasteiger partial charge in [-0.3, -0.25) is 0 Å². The number of ether oxygens (including phenoxy) is 1. The van der Waals surface area contributed by atoms with Crippen molar-refractivity contribution >= 4 is 17.3 Å². The number of nitriles is 1. The van der Waals surface area contributed by atoms with Gasteiger partial charge in [-0.15, -0.1) is 0 Å². The summed E-state index contributed by atoms with van der Waals surface area (Å²) in [6.45, 7) is 1.91. The number of para-hydroxylation sites is 2. The largest absolute Gasteiger partial charge is 0.477 e. The SMILES string of the molecule is CC1(c2ccc(Cl)cc2)Oc2ccccc2NC1C#N. The lowest BCUT2D eigenvalue weighted by molar-refractivity contribution is 0.0733. The fourth-order valence-electron chi connectivity index (χ4n) is 2.42. The van der Waals surface area contributed by atoms with Gasteiger partial charge in [-0.2, -0.15) is 5.26 Å². The fourth-order valence-corrected chi connectivity index (χ4v) is 2.54. The zero-order valence-electron chi connectivity index (χ0n) is 10.9. The van der Waals surface area contributed by atoms with Gasteiger partial charge in [0.05, 0.1) is 11.8 Å². The summed E-state index contributed by atoms with van der Waals surface area (Å²) in [5, 5.41) is 13.3. The van der Waals surface area contributed by atoms with Gasteiger partial charge in [-0.25, -0.2) is 0 Å². The maximum absolute atomic E-state index is 9.45. The van der Waals surface area contributed by atoms with Crippen LogP contribution in [0.3, 0.4) is 0 Å². The van der Waals surface area contributed by atoms with E-state index in [0.717, 1.165) is 17.0 Å². The molecule has 4 heteroatoms. The molecule has 2 aromatic carbocycles. The number of hydrogen-bond donors (Lipinski definition) is 1. The van der Waals surface area contributed by atoms with Crippen molar-refractivity contribution < 1.29 is 4.74 Å². The molecule has 1 aliphatic rings. The lowest BCUT2D eigenvalue weighted by Crippen LogP contribution is -2.48. The predicted octanol–water partition coefficient (Wildman–Crippen LogP) is 3.95. The topological polar surface area (TPSA) is 45.0 Å². The first kappa shape index (κ1) is 12.8. The van der Waals surface area contributed by atoms with E-state index in [-0.39, 0.29) is 0 Å². The summed E-state index contributed by atoms with van der Waals surface area (Å²) in [6.07, 6.45) is 0. The summed E-state index contributed by atoms with van der Waals surface area (Å²) in [6, 6.07) is 16.8. The van der Waals surface area contributed by atoms with Gasteiger partial charge in [-0.1, -0.05) is 35.9 Å². The summed E-state index contributed by atoms with van der Waals surface area (Å²) in [4.78, 5) is 0. The Hall–Kier alpha value is -2.18. The van der Waals surface area contributed by atoms with Crippen LogP contribution in [0.25, 0.3) is 0 Å². The van der Waals surface area contributed by atoms with Crippen LogP contribution < -0.4 is 10.1 Å². The van der Waals surface area contributed by atoms with Gasteiger partial charge in [0.25, 0.3) is 0 Å². The standard InChI is InChI=1S/C16H13ClN2O/c1-16(11-6-8-12(17)9-7-11)15(10-18)19-13-4-2-3-5-14(13)20-16/h2-9,15,19H,1H3. The Bertz CT molecular complexity index is 678. The van der Waals surface area contributed by atoms with E-state index in [0.29, 0.717) is 5.02 Å². The summed E-state index contributed by atoms with van der Waals surface area (Å²) in [7, 11) is 0. The van der Waals surface area contributed by atoms with Gasteiger partial charge >= 0.3 is 0 Å². The predicted molar refractivity (Wildman–Crippen MR) is 78.9 cm³/mol. The lowest BCUT2D eigenvalue weighted by atomic mass is 9.87. The van der Waals surface area contributed by atoms with E-state index in [4.69, 9.17) is 16.3 Å². The first-order valence-electron chi connectivity index (χ1n) is 6.34. The Kier molecular flexibility index (Phi) is 3.04. The molecule has 1 heterocycles. The van der Waals surface area contributed by atoms with Crippen molar-refractivity contribution in [3.63, 3.8) is 0 Å². The van der Waals surface area contributed by atoms with Crippen LogP contribution in [0.15, 0.2) is 48.5 Å². The number of hydrogen-bond acceptors (Lipinski definition) is 3. The van der Waals surface area contributed by atoms with Crippen LogP contribution in [0.2, 0.25) is 5.02 Å². The lowest BCUT2D eigenvalue weighted by Gasteiger charge is -2.40. The fraction of sp³-hybridized carbons (Fsp3) is 0.188. The normalized spacial score (nSPS) is 23.9. The molecule has 0 aromatic heterocycles. The highest BCUT2D eigenvalue weighted by Crippen LogP contribution is 2.41. The van der Waals surface area contributed by atoms with E-state index in [1.165, 1.54) is 0 Å². The van der Waals surface area contributed by atoms with Crippen LogP contribution in [-0.2, 0) is 5.60 Å². The molecule has 2 aromatic rings. The molecule has 2 unspecified atom stereocenters. The number of anilines is 1. The number of benzene rings is 2. The highest BCUT2D eigenvalue weighted by Gasteiger charge is 2.42. The van der Waals surface area contributed by atoms with Gasteiger partial charge < -0.3 is 10.1 Å². The second kappa shape index (κ2) is 4.73. The van der Waals surface area contributed by atoms with E-state index >= 15 is 0 Å². The van der Waals surface area contributed by atoms with Crippen molar-refractivity contribution in [2.75, 3.05) is 5.32 Å². The third-order valence-corrected chi connectivity index (χ3v) is 3.86. The zero-order valence-corrected chi connectivity index (χ0v) is 11.7. The molecular formula is C16H13ClN2O. The minimum Gasteiger partial charge on any atom is -0.477 e. The van der Waals surface area contributed by atoms with Gasteiger partial charge in [0.2, 0.25) is 0 Å². The van der Waals surface area contributed by atoms with Gasteiger partial charge in [0, 0.05) is 5.02 Å². The first-order chi connectivity index (χ1) is 9.63. The van der Waals surface area contributed by atoms with Crippen molar-refractivity contribution in [3.8, 4) is 11.8 Å². The number of nitrogens with zero attached hydrogens (tertiary/aromatic N) is 1. The zero-order chi connectivity index (χ0) is 14.2. The van der Waals surface area contributed by atoms with Crippen LogP contribution in [0.1, 0.15) is 12.5 Å². The summed E-state index contributed by atoms with van der Waals surface area (Å²) >= 11 is 5.93. The summed E-state index contributed by atoms with van der Waals surface area (Å²) in [5.74, 6) is 0.747. The van der Waals surface area contributed by atoms with Crippen molar-refractivity contribution in [1.29, 1.82) is 5.26 Å². The molecule has 1 N–H and O–H groups in total. The number of rotatable bonds is 1. The first-order valence-corrected chi connectivity index (χ1v) is 6.71. The number of fused-ring (bicyclic) bond motifs is 1. The summed E-state index contributed by atoms with van der Waals surface area (Å²) < 4.78 is 6.12. The van der Waals surface area contributed by atoms with E-state index in [9.17, 15) is 5.26 Å². The molecule has 0 aliphatic carbocycles. The molecule has 0 fully saturated rings. The second-order valence-corrected chi connectivity index (χ2v) is 5.36. The minimum absolute atomic E-state index is 0.474. The Morgan fingerprint density at radius 3 is 2.60 bits per heavy atom. The van der Waals surface area contributed by atoms with Crippen molar-refractivity contribution in [2.45, 2.75) is 18.6 Å². The molecule has 0 bridgehead atoms. The smallest absolute Gasteiger partial charge is 0.165 e. The van der Waals surface area contributed by atoms with Crippen LogP contribution >= 0.6 is 11.6 Å². The number of nitrogens with one attached hydrogen (secondary N) is 1.